The highest BCUT2D eigenvalue weighted by atomic mass is 19.3. The van der Waals surface area contributed by atoms with Gasteiger partial charge in [0.05, 0.1) is 18.8 Å². The molecule has 0 N–H and O–H groups in total. The summed E-state index contributed by atoms with van der Waals surface area (Å²) >= 11 is 0. The minimum atomic E-state index is -2.93. The first-order chi connectivity index (χ1) is 13.6. The summed E-state index contributed by atoms with van der Waals surface area (Å²) in [5.74, 6) is 0.0686. The lowest BCUT2D eigenvalue weighted by molar-refractivity contribution is -0.127. The van der Waals surface area contributed by atoms with Crippen molar-refractivity contribution in [1.29, 1.82) is 0 Å². The molecule has 3 rings (SSSR count). The van der Waals surface area contributed by atoms with Crippen molar-refractivity contribution in [3.05, 3.63) is 59.9 Å². The highest BCUT2D eigenvalue weighted by Crippen LogP contribution is 2.31. The van der Waals surface area contributed by atoms with Crippen LogP contribution in [0, 0.1) is 0 Å². The third kappa shape index (κ3) is 5.52. The molecule has 1 amide bonds. The quantitative estimate of drug-likeness (QED) is 0.602. The average molecular weight is 388 g/mol. The van der Waals surface area contributed by atoms with Gasteiger partial charge in [-0.25, -0.2) is 0 Å². The summed E-state index contributed by atoms with van der Waals surface area (Å²) in [5.41, 5.74) is 1.50. The lowest BCUT2D eigenvalue weighted by atomic mass is 10.2. The van der Waals surface area contributed by atoms with E-state index in [1.165, 1.54) is 12.1 Å². The van der Waals surface area contributed by atoms with E-state index in [1.807, 2.05) is 18.2 Å². The van der Waals surface area contributed by atoms with Crippen LogP contribution in [-0.4, -0.2) is 35.1 Å². The maximum Gasteiger partial charge on any atom is 0.387 e. The smallest absolute Gasteiger partial charge is 0.387 e. The maximum atomic E-state index is 12.7. The highest BCUT2D eigenvalue weighted by molar-refractivity contribution is 5.92. The average Bonchev–Trinajstić information content (AvgIpc) is 3.52. The van der Waals surface area contributed by atoms with Gasteiger partial charge in [0.1, 0.15) is 0 Å². The van der Waals surface area contributed by atoms with Crippen LogP contribution < -0.4 is 9.47 Å². The fourth-order valence-corrected chi connectivity index (χ4v) is 2.79. The van der Waals surface area contributed by atoms with E-state index in [2.05, 4.69) is 9.72 Å². The predicted molar refractivity (Wildman–Crippen MR) is 101 cm³/mol. The fourth-order valence-electron chi connectivity index (χ4n) is 2.79. The van der Waals surface area contributed by atoms with Crippen molar-refractivity contribution < 1.29 is 23.0 Å². The van der Waals surface area contributed by atoms with Crippen LogP contribution in [0.4, 0.5) is 8.78 Å². The number of carbonyl (C=O) groups is 1. The van der Waals surface area contributed by atoms with E-state index in [0.717, 1.165) is 18.5 Å². The first kappa shape index (κ1) is 19.8. The molecule has 1 fully saturated rings. The SMILES string of the molecule is CCOc1cc(C=CC(=O)N(Cc2ccccn2)C2CC2)ccc1OC(F)F. The number of alkyl halides is 2. The molecule has 7 heteroatoms. The second-order valence-electron chi connectivity index (χ2n) is 6.37. The Morgan fingerprint density at radius 3 is 2.75 bits per heavy atom. The molecule has 2 aromatic rings. The van der Waals surface area contributed by atoms with Crippen LogP contribution in [0.2, 0.25) is 0 Å². The van der Waals surface area contributed by atoms with Gasteiger partial charge in [-0.05, 0) is 55.7 Å². The summed E-state index contributed by atoms with van der Waals surface area (Å²) in [6.45, 7) is -0.407. The van der Waals surface area contributed by atoms with E-state index in [-0.39, 0.29) is 23.4 Å². The first-order valence-corrected chi connectivity index (χ1v) is 9.17. The molecule has 0 spiro atoms. The van der Waals surface area contributed by atoms with Crippen LogP contribution >= 0.6 is 0 Å². The number of aromatic nitrogens is 1. The molecule has 5 nitrogen and oxygen atoms in total. The topological polar surface area (TPSA) is 51.7 Å². The zero-order valence-corrected chi connectivity index (χ0v) is 15.6. The number of rotatable bonds is 9. The molecule has 1 aromatic carbocycles. The number of hydrogen-bond donors (Lipinski definition) is 0. The van der Waals surface area contributed by atoms with Crippen LogP contribution in [0.1, 0.15) is 31.0 Å². The van der Waals surface area contributed by atoms with Crippen molar-refractivity contribution in [2.45, 2.75) is 39.0 Å². The molecule has 148 valence electrons. The Bertz CT molecular complexity index is 824. The van der Waals surface area contributed by atoms with E-state index in [4.69, 9.17) is 4.74 Å². The van der Waals surface area contributed by atoms with E-state index < -0.39 is 6.61 Å². The molecule has 0 unspecified atom stereocenters. The molecule has 1 saturated carbocycles. The monoisotopic (exact) mass is 388 g/mol. The van der Waals surface area contributed by atoms with Crippen LogP contribution in [0.5, 0.6) is 11.5 Å². The molecule has 0 saturated heterocycles. The molecule has 1 aliphatic carbocycles. The Morgan fingerprint density at radius 1 is 1.29 bits per heavy atom. The van der Waals surface area contributed by atoms with Gasteiger partial charge in [-0.1, -0.05) is 12.1 Å². The summed E-state index contributed by atoms with van der Waals surface area (Å²) in [4.78, 5) is 18.8. The van der Waals surface area contributed by atoms with Crippen molar-refractivity contribution in [3.63, 3.8) is 0 Å². The number of hydrogen-bond acceptors (Lipinski definition) is 4. The minimum absolute atomic E-state index is 0.0323. The summed E-state index contributed by atoms with van der Waals surface area (Å²) in [6, 6.07) is 10.4. The molecular formula is C21H22F2N2O3. The molecule has 1 aliphatic rings. The van der Waals surface area contributed by atoms with E-state index in [1.54, 1.807) is 36.2 Å². The lowest BCUT2D eigenvalue weighted by Crippen LogP contribution is -2.31. The van der Waals surface area contributed by atoms with Crippen molar-refractivity contribution in [3.8, 4) is 11.5 Å². The predicted octanol–water partition coefficient (Wildman–Crippen LogP) is 4.29. The minimum Gasteiger partial charge on any atom is -0.490 e. The van der Waals surface area contributed by atoms with Gasteiger partial charge >= 0.3 is 6.61 Å². The molecule has 1 heterocycles. The second-order valence-corrected chi connectivity index (χ2v) is 6.37. The van der Waals surface area contributed by atoms with E-state index in [0.29, 0.717) is 18.7 Å². The van der Waals surface area contributed by atoms with E-state index >= 15 is 0 Å². The fraction of sp³-hybridized carbons (Fsp3) is 0.333. The van der Waals surface area contributed by atoms with Crippen LogP contribution in [0.25, 0.3) is 6.08 Å². The molecule has 1 aromatic heterocycles. The van der Waals surface area contributed by atoms with Crippen LogP contribution in [0.15, 0.2) is 48.7 Å². The first-order valence-electron chi connectivity index (χ1n) is 9.17. The molecule has 0 bridgehead atoms. The van der Waals surface area contributed by atoms with Crippen LogP contribution in [-0.2, 0) is 11.3 Å². The van der Waals surface area contributed by atoms with Gasteiger partial charge in [-0.2, -0.15) is 8.78 Å². The normalized spacial score (nSPS) is 13.7. The summed E-state index contributed by atoms with van der Waals surface area (Å²) in [5, 5.41) is 0. The Hall–Kier alpha value is -2.96. The van der Waals surface area contributed by atoms with E-state index in [9.17, 15) is 13.6 Å². The van der Waals surface area contributed by atoms with Crippen LogP contribution in [0.3, 0.4) is 0 Å². The molecule has 0 radical (unpaired) electrons. The standard InChI is InChI=1S/C21H22F2N2O3/c1-2-27-19-13-15(6-10-18(19)28-21(22)23)7-11-20(26)25(17-8-9-17)14-16-5-3-4-12-24-16/h3-7,10-13,17,21H,2,8-9,14H2,1H3. The summed E-state index contributed by atoms with van der Waals surface area (Å²) < 4.78 is 34.8. The van der Waals surface area contributed by atoms with Gasteiger partial charge in [0.25, 0.3) is 0 Å². The largest absolute Gasteiger partial charge is 0.490 e. The number of nitrogens with zero attached hydrogens (tertiary/aromatic N) is 2. The molecule has 0 aliphatic heterocycles. The third-order valence-electron chi connectivity index (χ3n) is 4.23. The molecular weight excluding hydrogens is 366 g/mol. The Labute approximate surface area is 162 Å². The zero-order chi connectivity index (χ0) is 19.9. The molecule has 28 heavy (non-hydrogen) atoms. The maximum absolute atomic E-state index is 12.7. The number of benzene rings is 1. The molecule has 0 atom stereocenters. The summed E-state index contributed by atoms with van der Waals surface area (Å²) in [7, 11) is 0. The number of halogens is 2. The van der Waals surface area contributed by atoms with Gasteiger partial charge in [0, 0.05) is 18.3 Å². The van der Waals surface area contributed by atoms with Gasteiger partial charge in [-0.3, -0.25) is 9.78 Å². The van der Waals surface area contributed by atoms with Crippen molar-refractivity contribution in [2.24, 2.45) is 0 Å². The number of carbonyl (C=O) groups excluding carboxylic acids is 1. The highest BCUT2D eigenvalue weighted by Gasteiger charge is 2.31. The number of ether oxygens (including phenoxy) is 2. The van der Waals surface area contributed by atoms with Crippen molar-refractivity contribution >= 4 is 12.0 Å². The van der Waals surface area contributed by atoms with Gasteiger partial charge in [0.15, 0.2) is 11.5 Å². The van der Waals surface area contributed by atoms with Gasteiger partial charge < -0.3 is 14.4 Å². The zero-order valence-electron chi connectivity index (χ0n) is 15.6. The second kappa shape index (κ2) is 9.30. The van der Waals surface area contributed by atoms with Gasteiger partial charge in [-0.15, -0.1) is 0 Å². The van der Waals surface area contributed by atoms with Crippen molar-refractivity contribution in [2.75, 3.05) is 6.61 Å². The van der Waals surface area contributed by atoms with Crippen molar-refractivity contribution in [1.82, 2.24) is 9.88 Å². The Morgan fingerprint density at radius 2 is 2.11 bits per heavy atom. The lowest BCUT2D eigenvalue weighted by Gasteiger charge is -2.20. The Balaban J connectivity index is 1.72. The number of pyridine rings is 1. The number of amides is 1. The summed E-state index contributed by atoms with van der Waals surface area (Å²) in [6.07, 6.45) is 6.81. The third-order valence-corrected chi connectivity index (χ3v) is 4.23. The Kier molecular flexibility index (Phi) is 6.57. The van der Waals surface area contributed by atoms with Gasteiger partial charge in [0.2, 0.25) is 5.91 Å².